The minimum atomic E-state index is -1.41. The zero-order chi connectivity index (χ0) is 17.9. The van der Waals surface area contributed by atoms with Crippen molar-refractivity contribution in [2.75, 3.05) is 20.3 Å². The summed E-state index contributed by atoms with van der Waals surface area (Å²) in [5.74, 6) is -0.178. The summed E-state index contributed by atoms with van der Waals surface area (Å²) in [6.07, 6.45) is -0.110. The number of methoxy groups -OCH3 is 1. The van der Waals surface area contributed by atoms with Crippen LogP contribution < -0.4 is 0 Å². The van der Waals surface area contributed by atoms with E-state index in [0.717, 1.165) is 38.5 Å². The summed E-state index contributed by atoms with van der Waals surface area (Å²) in [6, 6.07) is 0. The van der Waals surface area contributed by atoms with Crippen LogP contribution in [0.5, 0.6) is 0 Å². The number of aliphatic hydroxyl groups excluding tert-OH is 4. The van der Waals surface area contributed by atoms with E-state index < -0.39 is 37.3 Å². The van der Waals surface area contributed by atoms with Crippen molar-refractivity contribution in [1.29, 1.82) is 0 Å². The van der Waals surface area contributed by atoms with E-state index >= 15 is 0 Å². The van der Waals surface area contributed by atoms with Gasteiger partial charge in [-0.1, -0.05) is 25.7 Å². The zero-order valence-electron chi connectivity index (χ0n) is 14.2. The lowest BCUT2D eigenvalue weighted by atomic mass is 9.99. The average Bonchev–Trinajstić information content (AvgIpc) is 2.59. The number of rotatable bonds is 11. The van der Waals surface area contributed by atoms with E-state index in [-0.39, 0.29) is 5.97 Å². The van der Waals surface area contributed by atoms with E-state index in [1.54, 1.807) is 0 Å². The van der Waals surface area contributed by atoms with Gasteiger partial charge < -0.3 is 34.6 Å². The van der Waals surface area contributed by atoms with Crippen molar-refractivity contribution in [2.45, 2.75) is 75.7 Å². The SMILES string of the molecule is COC(=O)CCCCCCCCOC1O[C@H](CO)[C@H](O)[C@H](O)[C@H]1O. The summed E-state index contributed by atoms with van der Waals surface area (Å²) in [7, 11) is 1.39. The van der Waals surface area contributed by atoms with Crippen LogP contribution in [0.15, 0.2) is 0 Å². The van der Waals surface area contributed by atoms with Crippen molar-refractivity contribution < 1.29 is 39.4 Å². The van der Waals surface area contributed by atoms with E-state index in [1.807, 2.05) is 0 Å². The van der Waals surface area contributed by atoms with Gasteiger partial charge in [-0.3, -0.25) is 4.79 Å². The van der Waals surface area contributed by atoms with E-state index in [2.05, 4.69) is 4.74 Å². The molecule has 1 heterocycles. The first-order valence-corrected chi connectivity index (χ1v) is 8.50. The first-order valence-electron chi connectivity index (χ1n) is 8.50. The van der Waals surface area contributed by atoms with Gasteiger partial charge in [-0.2, -0.15) is 0 Å². The Labute approximate surface area is 142 Å². The molecule has 24 heavy (non-hydrogen) atoms. The number of hydrogen-bond donors (Lipinski definition) is 4. The molecule has 1 fully saturated rings. The highest BCUT2D eigenvalue weighted by molar-refractivity contribution is 5.68. The molecule has 1 rings (SSSR count). The molecule has 8 nitrogen and oxygen atoms in total. The van der Waals surface area contributed by atoms with Gasteiger partial charge >= 0.3 is 5.97 Å². The summed E-state index contributed by atoms with van der Waals surface area (Å²) in [4.78, 5) is 10.9. The fourth-order valence-corrected chi connectivity index (χ4v) is 2.59. The second-order valence-corrected chi connectivity index (χ2v) is 6.02. The number of aliphatic hydroxyl groups is 4. The molecule has 0 amide bonds. The maximum atomic E-state index is 10.9. The highest BCUT2D eigenvalue weighted by Crippen LogP contribution is 2.22. The van der Waals surface area contributed by atoms with Gasteiger partial charge in [0.05, 0.1) is 13.7 Å². The van der Waals surface area contributed by atoms with E-state index in [9.17, 15) is 20.1 Å². The molecule has 8 heteroatoms. The minimum absolute atomic E-state index is 0.178. The lowest BCUT2D eigenvalue weighted by Crippen LogP contribution is -2.59. The largest absolute Gasteiger partial charge is 0.469 e. The summed E-state index contributed by atoms with van der Waals surface area (Å²) < 4.78 is 15.2. The maximum absolute atomic E-state index is 10.9. The summed E-state index contributed by atoms with van der Waals surface area (Å²) in [5.41, 5.74) is 0. The van der Waals surface area contributed by atoms with Crippen LogP contribution in [0.4, 0.5) is 0 Å². The molecule has 1 unspecified atom stereocenters. The topological polar surface area (TPSA) is 126 Å². The molecule has 0 radical (unpaired) electrons. The molecule has 0 spiro atoms. The molecule has 0 aromatic carbocycles. The Morgan fingerprint density at radius 3 is 2.21 bits per heavy atom. The minimum Gasteiger partial charge on any atom is -0.469 e. The Bertz CT molecular complexity index is 349. The van der Waals surface area contributed by atoms with Gasteiger partial charge in [0.25, 0.3) is 0 Å². The van der Waals surface area contributed by atoms with Gasteiger partial charge in [-0.05, 0) is 12.8 Å². The van der Waals surface area contributed by atoms with Gasteiger partial charge in [0, 0.05) is 13.0 Å². The Morgan fingerprint density at radius 1 is 0.958 bits per heavy atom. The van der Waals surface area contributed by atoms with Crippen molar-refractivity contribution >= 4 is 5.97 Å². The van der Waals surface area contributed by atoms with Crippen molar-refractivity contribution in [3.05, 3.63) is 0 Å². The van der Waals surface area contributed by atoms with Crippen molar-refractivity contribution in [2.24, 2.45) is 0 Å². The van der Waals surface area contributed by atoms with Gasteiger partial charge in [0.15, 0.2) is 6.29 Å². The standard InChI is InChI=1S/C16H30O8/c1-22-12(18)8-6-4-2-3-5-7-9-23-16-15(21)14(20)13(19)11(10-17)24-16/h11,13-17,19-21H,2-10H2,1H3/t11-,13+,14+,15-,16?/m1/s1. The lowest BCUT2D eigenvalue weighted by molar-refractivity contribution is -0.301. The van der Waals surface area contributed by atoms with Crippen LogP contribution in [0, 0.1) is 0 Å². The highest BCUT2D eigenvalue weighted by Gasteiger charge is 2.43. The van der Waals surface area contributed by atoms with Crippen LogP contribution in [0.25, 0.3) is 0 Å². The molecule has 0 aromatic heterocycles. The first kappa shape index (κ1) is 21.3. The van der Waals surface area contributed by atoms with E-state index in [4.69, 9.17) is 14.6 Å². The van der Waals surface area contributed by atoms with Crippen LogP contribution in [-0.2, 0) is 19.0 Å². The Balaban J connectivity index is 2.07. The second kappa shape index (κ2) is 11.7. The lowest BCUT2D eigenvalue weighted by Gasteiger charge is -2.39. The molecule has 4 N–H and O–H groups in total. The molecule has 0 aromatic rings. The number of unbranched alkanes of at least 4 members (excludes halogenated alkanes) is 5. The Kier molecular flexibility index (Phi) is 10.4. The molecule has 0 bridgehead atoms. The monoisotopic (exact) mass is 350 g/mol. The number of carbonyl (C=O) groups is 1. The fraction of sp³-hybridized carbons (Fsp3) is 0.938. The van der Waals surface area contributed by atoms with Crippen molar-refractivity contribution in [1.82, 2.24) is 0 Å². The predicted molar refractivity (Wildman–Crippen MR) is 84.1 cm³/mol. The van der Waals surface area contributed by atoms with Gasteiger partial charge in [-0.25, -0.2) is 0 Å². The van der Waals surface area contributed by atoms with Gasteiger partial charge in [0.1, 0.15) is 24.4 Å². The van der Waals surface area contributed by atoms with Crippen molar-refractivity contribution in [3.8, 4) is 0 Å². The molecule has 1 saturated heterocycles. The normalized spacial score (nSPS) is 30.3. The van der Waals surface area contributed by atoms with Crippen LogP contribution in [0.1, 0.15) is 44.9 Å². The molecule has 1 aliphatic heterocycles. The van der Waals surface area contributed by atoms with Crippen molar-refractivity contribution in [3.63, 3.8) is 0 Å². The molecule has 142 valence electrons. The average molecular weight is 350 g/mol. The summed E-state index contributed by atoms with van der Waals surface area (Å²) in [6.45, 7) is -0.110. The summed E-state index contributed by atoms with van der Waals surface area (Å²) >= 11 is 0. The van der Waals surface area contributed by atoms with E-state index in [0.29, 0.717) is 13.0 Å². The first-order chi connectivity index (χ1) is 11.5. The van der Waals surface area contributed by atoms with Crippen LogP contribution in [0.2, 0.25) is 0 Å². The Hall–Kier alpha value is -0.770. The number of esters is 1. The fourth-order valence-electron chi connectivity index (χ4n) is 2.59. The van der Waals surface area contributed by atoms with Gasteiger partial charge in [0.2, 0.25) is 0 Å². The molecular formula is C16H30O8. The smallest absolute Gasteiger partial charge is 0.305 e. The van der Waals surface area contributed by atoms with Crippen LogP contribution in [-0.4, -0.2) is 77.4 Å². The van der Waals surface area contributed by atoms with Crippen LogP contribution >= 0.6 is 0 Å². The third-order valence-electron chi connectivity index (χ3n) is 4.13. The molecular weight excluding hydrogens is 320 g/mol. The third kappa shape index (κ3) is 7.00. The summed E-state index contributed by atoms with van der Waals surface area (Å²) in [5, 5.41) is 38.2. The van der Waals surface area contributed by atoms with Crippen LogP contribution in [0.3, 0.4) is 0 Å². The second-order valence-electron chi connectivity index (χ2n) is 6.02. The quantitative estimate of drug-likeness (QED) is 0.296. The molecule has 1 aliphatic rings. The molecule has 0 saturated carbocycles. The van der Waals surface area contributed by atoms with E-state index in [1.165, 1.54) is 7.11 Å². The number of ether oxygens (including phenoxy) is 3. The number of carbonyl (C=O) groups excluding carboxylic acids is 1. The Morgan fingerprint density at radius 2 is 1.58 bits per heavy atom. The highest BCUT2D eigenvalue weighted by atomic mass is 16.7. The molecule has 5 atom stereocenters. The number of hydrogen-bond acceptors (Lipinski definition) is 8. The zero-order valence-corrected chi connectivity index (χ0v) is 14.2. The molecule has 0 aliphatic carbocycles. The maximum Gasteiger partial charge on any atom is 0.305 e. The predicted octanol–water partition coefficient (Wildman–Crippen LogP) is -0.293. The van der Waals surface area contributed by atoms with Gasteiger partial charge in [-0.15, -0.1) is 0 Å². The third-order valence-corrected chi connectivity index (χ3v) is 4.13.